The third-order valence-corrected chi connectivity index (χ3v) is 7.63. The lowest BCUT2D eigenvalue weighted by Gasteiger charge is -2.43. The minimum absolute atomic E-state index is 0.0118. The topological polar surface area (TPSA) is 64.2 Å². The quantitative estimate of drug-likeness (QED) is 0.682. The van der Waals surface area contributed by atoms with Gasteiger partial charge in [-0.3, -0.25) is 14.4 Å². The largest absolute Gasteiger partial charge is 0.342 e. The number of piperidine rings is 1. The second-order valence-electron chi connectivity index (χ2n) is 9.31. The van der Waals surface area contributed by atoms with Gasteiger partial charge in [-0.1, -0.05) is 31.0 Å². The zero-order chi connectivity index (χ0) is 22.7. The fourth-order valence-electron chi connectivity index (χ4n) is 5.69. The van der Waals surface area contributed by atoms with E-state index in [9.17, 15) is 14.4 Å². The Morgan fingerprint density at radius 3 is 2.25 bits per heavy atom. The van der Waals surface area contributed by atoms with Crippen molar-refractivity contribution in [2.45, 2.75) is 57.9 Å². The van der Waals surface area contributed by atoms with E-state index in [1.54, 1.807) is 9.80 Å². The van der Waals surface area contributed by atoms with Gasteiger partial charge in [-0.15, -0.1) is 0 Å². The molecule has 3 amide bonds. The molecule has 4 rings (SSSR count). The van der Waals surface area contributed by atoms with Crippen LogP contribution in [0.4, 0.5) is 5.69 Å². The van der Waals surface area contributed by atoms with E-state index in [-0.39, 0.29) is 30.2 Å². The van der Waals surface area contributed by atoms with Crippen LogP contribution in [0.1, 0.15) is 52.4 Å². The number of benzene rings is 1. The number of carbonyl (C=O) groups is 3. The molecule has 1 spiro atoms. The molecule has 1 saturated carbocycles. The van der Waals surface area contributed by atoms with Gasteiger partial charge in [0, 0.05) is 37.8 Å². The van der Waals surface area contributed by atoms with Crippen molar-refractivity contribution < 1.29 is 14.4 Å². The van der Waals surface area contributed by atoms with Crippen LogP contribution in [0.15, 0.2) is 30.3 Å². The first-order valence-corrected chi connectivity index (χ1v) is 12.2. The highest BCUT2D eigenvalue weighted by Crippen LogP contribution is 2.40. The number of hydrogen-bond acceptors (Lipinski definition) is 4. The number of nitrogens with zero attached hydrogens (tertiary/aromatic N) is 4. The minimum atomic E-state index is -0.683. The number of likely N-dealkylation sites (N-methyl/N-ethyl adjacent to an activating group) is 1. The van der Waals surface area contributed by atoms with Gasteiger partial charge in [-0.2, -0.15) is 0 Å². The maximum absolute atomic E-state index is 13.7. The normalized spacial score (nSPS) is 20.9. The number of carbonyl (C=O) groups excluding carboxylic acids is 3. The molecule has 3 aliphatic rings. The highest BCUT2D eigenvalue weighted by Gasteiger charge is 2.54. The molecule has 0 radical (unpaired) electrons. The van der Waals surface area contributed by atoms with Crippen molar-refractivity contribution in [2.24, 2.45) is 5.92 Å². The van der Waals surface area contributed by atoms with E-state index in [0.29, 0.717) is 45.7 Å². The predicted molar refractivity (Wildman–Crippen MR) is 124 cm³/mol. The van der Waals surface area contributed by atoms with E-state index in [1.165, 1.54) is 0 Å². The van der Waals surface area contributed by atoms with E-state index >= 15 is 0 Å². The van der Waals surface area contributed by atoms with E-state index in [4.69, 9.17) is 0 Å². The van der Waals surface area contributed by atoms with Gasteiger partial charge in [0.15, 0.2) is 0 Å². The fourth-order valence-corrected chi connectivity index (χ4v) is 5.69. The van der Waals surface area contributed by atoms with Crippen molar-refractivity contribution in [1.29, 1.82) is 0 Å². The number of hydrogen-bond donors (Lipinski definition) is 0. The van der Waals surface area contributed by atoms with E-state index in [2.05, 4.69) is 4.90 Å². The highest BCUT2D eigenvalue weighted by atomic mass is 16.2. The van der Waals surface area contributed by atoms with Crippen molar-refractivity contribution in [2.75, 3.05) is 44.3 Å². The zero-order valence-corrected chi connectivity index (χ0v) is 19.5. The van der Waals surface area contributed by atoms with Crippen LogP contribution >= 0.6 is 0 Å². The Morgan fingerprint density at radius 2 is 1.66 bits per heavy atom. The Hall–Kier alpha value is -2.57. The lowest BCUT2D eigenvalue weighted by molar-refractivity contribution is -0.143. The van der Waals surface area contributed by atoms with Crippen LogP contribution in [0.25, 0.3) is 0 Å². The monoisotopic (exact) mass is 440 g/mol. The number of likely N-dealkylation sites (tertiary alicyclic amines) is 1. The molecule has 7 heteroatoms. The van der Waals surface area contributed by atoms with Crippen LogP contribution in [-0.4, -0.2) is 77.4 Å². The molecule has 32 heavy (non-hydrogen) atoms. The van der Waals surface area contributed by atoms with Crippen LogP contribution in [-0.2, 0) is 14.4 Å². The van der Waals surface area contributed by atoms with Gasteiger partial charge in [0.1, 0.15) is 12.1 Å². The first-order chi connectivity index (χ1) is 15.5. The first-order valence-electron chi connectivity index (χ1n) is 12.2. The number of para-hydroxylation sites is 1. The molecule has 1 aromatic carbocycles. The minimum Gasteiger partial charge on any atom is -0.342 e. The summed E-state index contributed by atoms with van der Waals surface area (Å²) in [5.74, 6) is 0.441. The molecule has 2 heterocycles. The molecular weight excluding hydrogens is 404 g/mol. The molecule has 1 aliphatic carbocycles. The maximum atomic E-state index is 13.7. The Morgan fingerprint density at radius 1 is 1.03 bits per heavy atom. The molecule has 0 aromatic heterocycles. The average Bonchev–Trinajstić information content (AvgIpc) is 3.44. The summed E-state index contributed by atoms with van der Waals surface area (Å²) in [6.07, 6.45) is 5.49. The van der Waals surface area contributed by atoms with Crippen molar-refractivity contribution in [1.82, 2.24) is 14.7 Å². The van der Waals surface area contributed by atoms with Crippen molar-refractivity contribution in [3.05, 3.63) is 30.3 Å². The summed E-state index contributed by atoms with van der Waals surface area (Å²) < 4.78 is 0. The van der Waals surface area contributed by atoms with Crippen molar-refractivity contribution in [3.63, 3.8) is 0 Å². The summed E-state index contributed by atoms with van der Waals surface area (Å²) in [6.45, 7) is 6.92. The number of amides is 3. The van der Waals surface area contributed by atoms with Gasteiger partial charge in [0.2, 0.25) is 11.8 Å². The summed E-state index contributed by atoms with van der Waals surface area (Å²) >= 11 is 0. The molecule has 174 valence electrons. The molecule has 0 atom stereocenters. The molecule has 0 N–H and O–H groups in total. The molecule has 3 fully saturated rings. The number of rotatable bonds is 6. The molecule has 0 bridgehead atoms. The predicted octanol–water partition coefficient (Wildman–Crippen LogP) is 2.71. The van der Waals surface area contributed by atoms with Crippen LogP contribution in [0.3, 0.4) is 0 Å². The van der Waals surface area contributed by atoms with Gasteiger partial charge < -0.3 is 19.6 Å². The van der Waals surface area contributed by atoms with Crippen LogP contribution < -0.4 is 4.90 Å². The highest BCUT2D eigenvalue weighted by molar-refractivity contribution is 5.96. The van der Waals surface area contributed by atoms with E-state index in [1.807, 2.05) is 49.1 Å². The maximum Gasteiger partial charge on any atom is 0.250 e. The fraction of sp³-hybridized carbons (Fsp3) is 0.640. The molecule has 2 aliphatic heterocycles. The lowest BCUT2D eigenvalue weighted by atomic mass is 9.85. The molecule has 0 unspecified atom stereocenters. The SMILES string of the molecule is CCN(CC)C(=O)CN1CN(c2ccccc2)C2(CCN(C(=O)C3CCCC3)CC2)C1=O. The Bertz CT molecular complexity index is 825. The van der Waals surface area contributed by atoms with Gasteiger partial charge >= 0.3 is 0 Å². The van der Waals surface area contributed by atoms with Gasteiger partial charge in [-0.25, -0.2) is 0 Å². The Labute approximate surface area is 191 Å². The summed E-state index contributed by atoms with van der Waals surface area (Å²) in [5, 5.41) is 0. The van der Waals surface area contributed by atoms with Crippen LogP contribution in [0, 0.1) is 5.92 Å². The molecule has 7 nitrogen and oxygen atoms in total. The van der Waals surface area contributed by atoms with Crippen molar-refractivity contribution >= 4 is 23.4 Å². The zero-order valence-electron chi connectivity index (χ0n) is 19.5. The molecule has 1 aromatic rings. The van der Waals surface area contributed by atoms with E-state index in [0.717, 1.165) is 31.4 Å². The van der Waals surface area contributed by atoms with Gasteiger partial charge in [0.25, 0.3) is 5.91 Å². The average molecular weight is 441 g/mol. The summed E-state index contributed by atoms with van der Waals surface area (Å²) in [6, 6.07) is 9.99. The first kappa shape index (κ1) is 22.6. The summed E-state index contributed by atoms with van der Waals surface area (Å²) in [7, 11) is 0. The molecular formula is C25H36N4O3. The Kier molecular flexibility index (Phi) is 6.72. The second-order valence-corrected chi connectivity index (χ2v) is 9.31. The summed E-state index contributed by atoms with van der Waals surface area (Å²) in [4.78, 5) is 47.1. The second kappa shape index (κ2) is 9.51. The smallest absolute Gasteiger partial charge is 0.250 e. The van der Waals surface area contributed by atoms with E-state index < -0.39 is 5.54 Å². The lowest BCUT2D eigenvalue weighted by Crippen LogP contribution is -2.58. The molecule has 2 saturated heterocycles. The third kappa shape index (κ3) is 4.09. The van der Waals surface area contributed by atoms with Crippen LogP contribution in [0.2, 0.25) is 0 Å². The van der Waals surface area contributed by atoms with Gasteiger partial charge in [0.05, 0.1) is 6.67 Å². The van der Waals surface area contributed by atoms with Gasteiger partial charge in [-0.05, 0) is 51.7 Å². The third-order valence-electron chi connectivity index (χ3n) is 7.63. The number of anilines is 1. The Balaban J connectivity index is 1.53. The standard InChI is InChI=1S/C25H36N4O3/c1-3-26(4-2)22(30)18-28-19-29(21-12-6-5-7-13-21)25(24(28)32)14-16-27(17-15-25)23(31)20-10-8-9-11-20/h5-7,12-13,20H,3-4,8-11,14-19H2,1-2H3. The summed E-state index contributed by atoms with van der Waals surface area (Å²) in [5.41, 5.74) is 0.311. The van der Waals surface area contributed by atoms with Crippen LogP contribution in [0.5, 0.6) is 0 Å². The van der Waals surface area contributed by atoms with Crippen molar-refractivity contribution in [3.8, 4) is 0 Å².